The highest BCUT2D eigenvalue weighted by molar-refractivity contribution is 6.17. The highest BCUT2D eigenvalue weighted by atomic mass is 35.5. The molecule has 31 heavy (non-hydrogen) atoms. The smallest absolute Gasteiger partial charge is 0.223 e. The average molecular weight is 445 g/mol. The van der Waals surface area contributed by atoms with Crippen molar-refractivity contribution in [3.05, 3.63) is 47.0 Å². The Kier molecular flexibility index (Phi) is 6.36. The fourth-order valence-corrected chi connectivity index (χ4v) is 4.44. The number of aromatic nitrogens is 3. The molecular formula is C23H26ClFN4O2. The van der Waals surface area contributed by atoms with Gasteiger partial charge in [0.1, 0.15) is 5.69 Å². The Morgan fingerprint density at radius 3 is 2.81 bits per heavy atom. The van der Waals surface area contributed by atoms with Crippen LogP contribution < -0.4 is 5.32 Å². The van der Waals surface area contributed by atoms with Crippen molar-refractivity contribution in [1.29, 1.82) is 0 Å². The van der Waals surface area contributed by atoms with Crippen LogP contribution in [-0.4, -0.2) is 45.4 Å². The number of anilines is 1. The number of aliphatic hydroxyl groups excluding tert-OH is 1. The first-order valence-electron chi connectivity index (χ1n) is 10.4. The van der Waals surface area contributed by atoms with Gasteiger partial charge < -0.3 is 15.2 Å². The number of nitrogens with one attached hydrogen (secondary N) is 1. The first kappa shape index (κ1) is 21.9. The molecule has 0 bridgehead atoms. The Labute approximate surface area is 185 Å². The fraction of sp³-hybridized carbons (Fsp3) is 0.435. The second-order valence-electron chi connectivity index (χ2n) is 8.19. The van der Waals surface area contributed by atoms with Crippen LogP contribution in [0.15, 0.2) is 24.5 Å². The molecule has 1 aliphatic heterocycles. The minimum atomic E-state index is -0.665. The van der Waals surface area contributed by atoms with E-state index < -0.39 is 11.9 Å². The Balaban J connectivity index is 1.81. The third kappa shape index (κ3) is 4.22. The van der Waals surface area contributed by atoms with E-state index in [9.17, 15) is 9.50 Å². The number of aryl methyl sites for hydroxylation is 1. The molecule has 0 aliphatic carbocycles. The van der Waals surface area contributed by atoms with Crippen LogP contribution in [0.3, 0.4) is 0 Å². The molecule has 0 radical (unpaired) electrons. The lowest BCUT2D eigenvalue weighted by molar-refractivity contribution is -0.0136. The van der Waals surface area contributed by atoms with Gasteiger partial charge >= 0.3 is 0 Å². The van der Waals surface area contributed by atoms with Crippen LogP contribution in [0.4, 0.5) is 10.3 Å². The van der Waals surface area contributed by atoms with Gasteiger partial charge in [0.05, 0.1) is 30.5 Å². The lowest BCUT2D eigenvalue weighted by atomic mass is 9.90. The molecule has 0 saturated carbocycles. The number of hydrogen-bond acceptors (Lipinski definition) is 6. The number of aliphatic hydroxyl groups is 1. The number of pyridine rings is 1. The highest BCUT2D eigenvalue weighted by Gasteiger charge is 2.25. The van der Waals surface area contributed by atoms with E-state index in [1.807, 2.05) is 25.3 Å². The van der Waals surface area contributed by atoms with Gasteiger partial charge in [0.15, 0.2) is 5.82 Å². The number of benzene rings is 1. The van der Waals surface area contributed by atoms with Crippen LogP contribution in [0.5, 0.6) is 0 Å². The molecule has 4 rings (SSSR count). The molecule has 8 heteroatoms. The Morgan fingerprint density at radius 2 is 2.10 bits per heavy atom. The monoisotopic (exact) mass is 444 g/mol. The molecule has 2 atom stereocenters. The summed E-state index contributed by atoms with van der Waals surface area (Å²) in [5.41, 5.74) is 4.73. The molecule has 3 aromatic rings. The molecule has 164 valence electrons. The van der Waals surface area contributed by atoms with Crippen molar-refractivity contribution in [2.24, 2.45) is 0 Å². The quantitative estimate of drug-likeness (QED) is 0.561. The van der Waals surface area contributed by atoms with Gasteiger partial charge in [-0.3, -0.25) is 4.98 Å². The zero-order valence-electron chi connectivity index (χ0n) is 17.8. The van der Waals surface area contributed by atoms with Gasteiger partial charge in [-0.25, -0.2) is 14.4 Å². The first-order chi connectivity index (χ1) is 14.9. The highest BCUT2D eigenvalue weighted by Crippen LogP contribution is 2.36. The predicted octanol–water partition coefficient (Wildman–Crippen LogP) is 4.56. The van der Waals surface area contributed by atoms with Gasteiger partial charge in [-0.05, 0) is 42.0 Å². The summed E-state index contributed by atoms with van der Waals surface area (Å²) < 4.78 is 20.1. The Bertz CT molecular complexity index is 1110. The summed E-state index contributed by atoms with van der Waals surface area (Å²) in [6.45, 7) is 6.98. The van der Waals surface area contributed by atoms with E-state index in [0.717, 1.165) is 33.8 Å². The Morgan fingerprint density at radius 1 is 1.29 bits per heavy atom. The molecule has 3 heterocycles. The molecule has 0 amide bonds. The second-order valence-corrected chi connectivity index (χ2v) is 8.46. The van der Waals surface area contributed by atoms with E-state index in [-0.39, 0.29) is 30.2 Å². The summed E-state index contributed by atoms with van der Waals surface area (Å²) in [6, 6.07) is 3.49. The third-order valence-corrected chi connectivity index (χ3v) is 6.07. The van der Waals surface area contributed by atoms with E-state index >= 15 is 0 Å². The minimum absolute atomic E-state index is 0.212. The number of ether oxygens (including phenoxy) is 1. The molecule has 1 aromatic carbocycles. The standard InChI is InChI=1S/C23H26ClFN4O2/c1-12(2)20-14(8-24)9-26-18-5-4-15(13(3)21(18)20)22-16(25)10-27-23(29-22)28-17-6-7-31-11-19(17)30/h4-5,9-10,12,17,19,30H,6-8,11H2,1-3H3,(H,27,28,29)/t17-,19-/m1/s1. The number of rotatable bonds is 5. The molecule has 0 spiro atoms. The maximum Gasteiger partial charge on any atom is 0.223 e. The molecule has 2 aromatic heterocycles. The van der Waals surface area contributed by atoms with E-state index in [4.69, 9.17) is 16.3 Å². The summed E-state index contributed by atoms with van der Waals surface area (Å²) in [5, 5.41) is 14.2. The largest absolute Gasteiger partial charge is 0.389 e. The predicted molar refractivity (Wildman–Crippen MR) is 120 cm³/mol. The van der Waals surface area contributed by atoms with Crippen LogP contribution in [-0.2, 0) is 10.6 Å². The Hall–Kier alpha value is -2.35. The van der Waals surface area contributed by atoms with E-state index in [0.29, 0.717) is 24.5 Å². The maximum atomic E-state index is 14.8. The van der Waals surface area contributed by atoms with Crippen LogP contribution in [0.1, 0.15) is 42.9 Å². The summed E-state index contributed by atoms with van der Waals surface area (Å²) in [4.78, 5) is 13.1. The van der Waals surface area contributed by atoms with Crippen molar-refractivity contribution >= 4 is 28.5 Å². The second kappa shape index (κ2) is 9.02. The summed E-state index contributed by atoms with van der Waals surface area (Å²) >= 11 is 6.18. The van der Waals surface area contributed by atoms with Crippen LogP contribution in [0, 0.1) is 12.7 Å². The van der Waals surface area contributed by atoms with Crippen molar-refractivity contribution in [1.82, 2.24) is 15.0 Å². The van der Waals surface area contributed by atoms with Gasteiger partial charge in [-0.2, -0.15) is 0 Å². The molecule has 2 N–H and O–H groups in total. The van der Waals surface area contributed by atoms with Crippen LogP contribution >= 0.6 is 11.6 Å². The van der Waals surface area contributed by atoms with E-state index in [1.54, 1.807) is 0 Å². The minimum Gasteiger partial charge on any atom is -0.389 e. The fourth-order valence-electron chi connectivity index (χ4n) is 4.23. The van der Waals surface area contributed by atoms with Crippen molar-refractivity contribution in [2.45, 2.75) is 51.1 Å². The number of nitrogens with zero attached hydrogens (tertiary/aromatic N) is 3. The van der Waals surface area contributed by atoms with Gasteiger partial charge in [-0.1, -0.05) is 19.9 Å². The molecule has 1 saturated heterocycles. The summed E-state index contributed by atoms with van der Waals surface area (Å²) in [6.07, 6.45) is 2.94. The molecule has 1 fully saturated rings. The summed E-state index contributed by atoms with van der Waals surface area (Å²) in [7, 11) is 0. The van der Waals surface area contributed by atoms with Crippen LogP contribution in [0.2, 0.25) is 0 Å². The normalized spacial score (nSPS) is 19.2. The first-order valence-corrected chi connectivity index (χ1v) is 11.0. The molecule has 0 unspecified atom stereocenters. The van der Waals surface area contributed by atoms with Crippen LogP contribution in [0.25, 0.3) is 22.2 Å². The van der Waals surface area contributed by atoms with Crippen molar-refractivity contribution in [3.63, 3.8) is 0 Å². The lowest BCUT2D eigenvalue weighted by Crippen LogP contribution is -2.42. The molecular weight excluding hydrogens is 419 g/mol. The lowest BCUT2D eigenvalue weighted by Gasteiger charge is -2.28. The van der Waals surface area contributed by atoms with Crippen molar-refractivity contribution in [3.8, 4) is 11.3 Å². The van der Waals surface area contributed by atoms with Gasteiger partial charge in [0.25, 0.3) is 0 Å². The van der Waals surface area contributed by atoms with Gasteiger partial charge in [0, 0.05) is 29.6 Å². The van der Waals surface area contributed by atoms with E-state index in [2.05, 4.69) is 34.1 Å². The average Bonchev–Trinajstić information content (AvgIpc) is 2.76. The van der Waals surface area contributed by atoms with Crippen molar-refractivity contribution in [2.75, 3.05) is 18.5 Å². The van der Waals surface area contributed by atoms with Gasteiger partial charge in [-0.15, -0.1) is 11.6 Å². The summed E-state index contributed by atoms with van der Waals surface area (Å²) in [5.74, 6) is 0.367. The van der Waals surface area contributed by atoms with Gasteiger partial charge in [0.2, 0.25) is 5.95 Å². The number of halogens is 2. The number of fused-ring (bicyclic) bond motifs is 1. The molecule has 6 nitrogen and oxygen atoms in total. The molecule has 1 aliphatic rings. The SMILES string of the molecule is Cc1c(-c2nc(N[C@@H]3CCOC[C@H]3O)ncc2F)ccc2ncc(CCl)c(C(C)C)c12. The zero-order chi connectivity index (χ0) is 22.1. The third-order valence-electron chi connectivity index (χ3n) is 5.78. The zero-order valence-corrected chi connectivity index (χ0v) is 18.6. The maximum absolute atomic E-state index is 14.8. The number of hydrogen-bond donors (Lipinski definition) is 2. The van der Waals surface area contributed by atoms with E-state index in [1.165, 1.54) is 0 Å². The topological polar surface area (TPSA) is 80.2 Å². The van der Waals surface area contributed by atoms with Crippen molar-refractivity contribution < 1.29 is 14.2 Å². The number of alkyl halides is 1.